The van der Waals surface area contributed by atoms with Gasteiger partial charge in [0.1, 0.15) is 6.04 Å². The molecule has 2 atom stereocenters. The summed E-state index contributed by atoms with van der Waals surface area (Å²) in [6, 6.07) is 0.672. The molecule has 0 aromatic carbocycles. The van der Waals surface area contributed by atoms with Crippen LogP contribution in [0.4, 0.5) is 0 Å². The Morgan fingerprint density at radius 3 is 2.63 bits per heavy atom. The molecule has 2 aliphatic rings. The first kappa shape index (κ1) is 14.9. The lowest BCUT2D eigenvalue weighted by Crippen LogP contribution is -3.16. The minimum atomic E-state index is 0.395. The second-order valence-electron chi connectivity index (χ2n) is 7.27. The van der Waals surface area contributed by atoms with Gasteiger partial charge in [0.15, 0.2) is 0 Å². The number of allylic oxidation sites excluding steroid dienone is 1. The monoisotopic (exact) mass is 266 g/mol. The van der Waals surface area contributed by atoms with E-state index in [0.717, 1.165) is 18.9 Å². The quantitative estimate of drug-likeness (QED) is 0.748. The maximum absolute atomic E-state index is 5.85. The Kier molecular flexibility index (Phi) is 4.94. The van der Waals surface area contributed by atoms with Crippen LogP contribution in [-0.4, -0.2) is 25.7 Å². The van der Waals surface area contributed by atoms with Gasteiger partial charge >= 0.3 is 0 Å². The third-order valence-electron chi connectivity index (χ3n) is 4.49. The molecule has 110 valence electrons. The molecule has 2 heteroatoms. The topological polar surface area (TPSA) is 13.7 Å². The number of quaternary nitrogens is 1. The predicted octanol–water partition coefficient (Wildman–Crippen LogP) is 2.80. The van der Waals surface area contributed by atoms with E-state index in [1.54, 1.807) is 4.90 Å². The van der Waals surface area contributed by atoms with E-state index in [2.05, 4.69) is 33.8 Å². The van der Waals surface area contributed by atoms with Gasteiger partial charge in [0.25, 0.3) is 0 Å². The van der Waals surface area contributed by atoms with E-state index in [4.69, 9.17) is 4.74 Å². The summed E-state index contributed by atoms with van der Waals surface area (Å²) in [4.78, 5) is 1.80. The summed E-state index contributed by atoms with van der Waals surface area (Å²) < 4.78 is 5.85. The SMILES string of the molecule is CCC[NH+](CC1CC1)C1C=C(OCC)CC(C)(C)C1. The van der Waals surface area contributed by atoms with Crippen molar-refractivity contribution in [3.8, 4) is 0 Å². The molecule has 19 heavy (non-hydrogen) atoms. The molecule has 0 aromatic rings. The highest BCUT2D eigenvalue weighted by molar-refractivity contribution is 5.07. The van der Waals surface area contributed by atoms with E-state index in [0.29, 0.717) is 11.5 Å². The van der Waals surface area contributed by atoms with Crippen LogP contribution in [0.1, 0.15) is 59.8 Å². The fourth-order valence-electron chi connectivity index (χ4n) is 3.48. The zero-order valence-electron chi connectivity index (χ0n) is 13.3. The molecular formula is C17H32NO+. The molecule has 1 saturated carbocycles. The molecule has 0 aliphatic heterocycles. The van der Waals surface area contributed by atoms with Crippen LogP contribution in [0.25, 0.3) is 0 Å². The van der Waals surface area contributed by atoms with Crippen molar-refractivity contribution < 1.29 is 9.64 Å². The first-order valence-electron chi connectivity index (χ1n) is 8.22. The van der Waals surface area contributed by atoms with Gasteiger partial charge < -0.3 is 9.64 Å². The molecule has 2 unspecified atom stereocenters. The summed E-state index contributed by atoms with van der Waals surface area (Å²) >= 11 is 0. The second-order valence-corrected chi connectivity index (χ2v) is 7.27. The Morgan fingerprint density at radius 2 is 2.05 bits per heavy atom. The molecule has 0 bridgehead atoms. The highest BCUT2D eigenvalue weighted by atomic mass is 16.5. The molecule has 2 rings (SSSR count). The first-order valence-corrected chi connectivity index (χ1v) is 8.22. The third kappa shape index (κ3) is 4.52. The second kappa shape index (κ2) is 6.30. The largest absolute Gasteiger partial charge is 0.498 e. The van der Waals surface area contributed by atoms with E-state index >= 15 is 0 Å². The van der Waals surface area contributed by atoms with Crippen LogP contribution in [0.2, 0.25) is 0 Å². The number of ether oxygens (including phenoxy) is 1. The van der Waals surface area contributed by atoms with Crippen LogP contribution in [0.15, 0.2) is 11.8 Å². The summed E-state index contributed by atoms with van der Waals surface area (Å²) in [6.45, 7) is 12.7. The average Bonchev–Trinajstić information content (AvgIpc) is 3.10. The molecule has 1 N–H and O–H groups in total. The summed E-state index contributed by atoms with van der Waals surface area (Å²) in [5.41, 5.74) is 0.395. The Balaban J connectivity index is 2.06. The van der Waals surface area contributed by atoms with Gasteiger partial charge in [0.05, 0.1) is 25.5 Å². The molecule has 0 saturated heterocycles. The molecule has 0 amide bonds. The van der Waals surface area contributed by atoms with Gasteiger partial charge in [-0.3, -0.25) is 0 Å². The van der Waals surface area contributed by atoms with Crippen molar-refractivity contribution >= 4 is 0 Å². The van der Waals surface area contributed by atoms with Crippen LogP contribution in [0.5, 0.6) is 0 Å². The minimum Gasteiger partial charge on any atom is -0.498 e. The molecule has 0 radical (unpaired) electrons. The van der Waals surface area contributed by atoms with Gasteiger partial charge in [-0.1, -0.05) is 20.8 Å². The van der Waals surface area contributed by atoms with Crippen molar-refractivity contribution in [2.24, 2.45) is 11.3 Å². The zero-order chi connectivity index (χ0) is 13.9. The Hall–Kier alpha value is -0.500. The molecule has 2 nitrogen and oxygen atoms in total. The number of rotatable bonds is 7. The van der Waals surface area contributed by atoms with Crippen molar-refractivity contribution in [2.45, 2.75) is 65.8 Å². The van der Waals surface area contributed by atoms with Crippen LogP contribution < -0.4 is 4.90 Å². The maximum atomic E-state index is 5.85. The van der Waals surface area contributed by atoms with E-state index in [-0.39, 0.29) is 0 Å². The van der Waals surface area contributed by atoms with Gasteiger partial charge in [-0.15, -0.1) is 0 Å². The molecule has 1 fully saturated rings. The van der Waals surface area contributed by atoms with E-state index < -0.39 is 0 Å². The maximum Gasteiger partial charge on any atom is 0.110 e. The normalized spacial score (nSPS) is 27.8. The van der Waals surface area contributed by atoms with Gasteiger partial charge in [0, 0.05) is 24.8 Å². The fraction of sp³-hybridized carbons (Fsp3) is 0.882. The zero-order valence-corrected chi connectivity index (χ0v) is 13.3. The Labute approximate surface area is 119 Å². The van der Waals surface area contributed by atoms with E-state index in [1.807, 2.05) is 0 Å². The summed E-state index contributed by atoms with van der Waals surface area (Å²) in [6.07, 6.45) is 9.08. The smallest absolute Gasteiger partial charge is 0.110 e. The molecular weight excluding hydrogens is 234 g/mol. The summed E-state index contributed by atoms with van der Waals surface area (Å²) in [5, 5.41) is 0. The van der Waals surface area contributed by atoms with Crippen LogP contribution in [0.3, 0.4) is 0 Å². The number of hydrogen-bond donors (Lipinski definition) is 1. The molecule has 0 heterocycles. The third-order valence-corrected chi connectivity index (χ3v) is 4.49. The van der Waals surface area contributed by atoms with E-state index in [1.165, 1.54) is 44.5 Å². The van der Waals surface area contributed by atoms with Gasteiger partial charge in [-0.2, -0.15) is 0 Å². The lowest BCUT2D eigenvalue weighted by atomic mass is 9.77. The Bertz CT molecular complexity index is 317. The van der Waals surface area contributed by atoms with Crippen LogP contribution >= 0.6 is 0 Å². The fourth-order valence-corrected chi connectivity index (χ4v) is 3.48. The lowest BCUT2D eigenvalue weighted by Gasteiger charge is -2.37. The Morgan fingerprint density at radius 1 is 1.32 bits per heavy atom. The van der Waals surface area contributed by atoms with Gasteiger partial charge in [0.2, 0.25) is 0 Å². The first-order chi connectivity index (χ1) is 9.04. The summed E-state index contributed by atoms with van der Waals surface area (Å²) in [5.74, 6) is 2.25. The van der Waals surface area contributed by atoms with Crippen LogP contribution in [0, 0.1) is 11.3 Å². The highest BCUT2D eigenvalue weighted by Gasteiger charge is 2.37. The summed E-state index contributed by atoms with van der Waals surface area (Å²) in [7, 11) is 0. The molecule has 0 spiro atoms. The lowest BCUT2D eigenvalue weighted by molar-refractivity contribution is -0.922. The minimum absolute atomic E-state index is 0.395. The molecule has 0 aromatic heterocycles. The predicted molar refractivity (Wildman–Crippen MR) is 80.2 cm³/mol. The number of hydrogen-bond acceptors (Lipinski definition) is 1. The standard InChI is InChI=1S/C17H31NO/c1-5-9-18(13-14-7-8-14)15-10-16(19-6-2)12-17(3,4)11-15/h10,14-15H,5-9,11-13H2,1-4H3/p+1. The van der Waals surface area contributed by atoms with Crippen LogP contribution in [-0.2, 0) is 4.74 Å². The van der Waals surface area contributed by atoms with Crippen molar-refractivity contribution in [3.63, 3.8) is 0 Å². The average molecular weight is 266 g/mol. The van der Waals surface area contributed by atoms with Gasteiger partial charge in [-0.25, -0.2) is 0 Å². The molecule has 2 aliphatic carbocycles. The highest BCUT2D eigenvalue weighted by Crippen LogP contribution is 2.35. The number of nitrogens with one attached hydrogen (secondary N) is 1. The van der Waals surface area contributed by atoms with Crippen molar-refractivity contribution in [1.29, 1.82) is 0 Å². The van der Waals surface area contributed by atoms with Crippen molar-refractivity contribution in [3.05, 3.63) is 11.8 Å². The van der Waals surface area contributed by atoms with E-state index in [9.17, 15) is 0 Å². The van der Waals surface area contributed by atoms with Crippen molar-refractivity contribution in [1.82, 2.24) is 0 Å². The van der Waals surface area contributed by atoms with Gasteiger partial charge in [-0.05, 0) is 31.6 Å². The van der Waals surface area contributed by atoms with Crippen molar-refractivity contribution in [2.75, 3.05) is 19.7 Å².